The summed E-state index contributed by atoms with van der Waals surface area (Å²) in [5.41, 5.74) is 2.62. The Bertz CT molecular complexity index is 962. The van der Waals surface area contributed by atoms with Crippen LogP contribution in [-0.2, 0) is 15.9 Å². The summed E-state index contributed by atoms with van der Waals surface area (Å²) in [5, 5.41) is 0. The van der Waals surface area contributed by atoms with Crippen LogP contribution in [0.2, 0.25) is 0 Å². The molecule has 4 rings (SSSR count). The first kappa shape index (κ1) is 24.0. The average molecular weight is 459 g/mol. The van der Waals surface area contributed by atoms with Crippen LogP contribution in [0.1, 0.15) is 62.5 Å². The van der Waals surface area contributed by atoms with Gasteiger partial charge in [-0.05, 0) is 73.6 Å². The number of hydrogen-bond donors (Lipinski definition) is 0. The fourth-order valence-electron chi connectivity index (χ4n) is 5.10. The highest BCUT2D eigenvalue weighted by molar-refractivity contribution is 5.65. The van der Waals surface area contributed by atoms with Gasteiger partial charge in [0.25, 0.3) is 0 Å². The minimum absolute atomic E-state index is 0.00894. The van der Waals surface area contributed by atoms with Gasteiger partial charge in [-0.1, -0.05) is 43.3 Å². The smallest absolute Gasteiger partial charge is 0.166 e. The standard InChI is InChI=1S/C28H33F3O2/c1-3-18-4-7-20(8-5-18)23-13-14-24(28(31)27(23)30)21-9-11-22(12-10-21)33-17-19-6-15-26(32-2)25(29)16-19/h4-5,7-8,13-14,16,19,21-22,26H,3,6,9-12,15,17H2,1-2H3. The Morgan fingerprint density at radius 3 is 2.21 bits per heavy atom. The Kier molecular flexibility index (Phi) is 7.92. The lowest BCUT2D eigenvalue weighted by molar-refractivity contribution is 0.00379. The summed E-state index contributed by atoms with van der Waals surface area (Å²) in [4.78, 5) is 0. The minimum Gasteiger partial charge on any atom is -0.378 e. The van der Waals surface area contributed by atoms with Crippen LogP contribution >= 0.6 is 0 Å². The predicted octanol–water partition coefficient (Wildman–Crippen LogP) is 7.52. The Balaban J connectivity index is 1.34. The summed E-state index contributed by atoms with van der Waals surface area (Å²) < 4.78 is 55.1. The van der Waals surface area contributed by atoms with Gasteiger partial charge in [-0.2, -0.15) is 0 Å². The van der Waals surface area contributed by atoms with Gasteiger partial charge in [0.2, 0.25) is 0 Å². The monoisotopic (exact) mass is 458 g/mol. The summed E-state index contributed by atoms with van der Waals surface area (Å²) in [6.45, 7) is 2.56. The zero-order valence-electron chi connectivity index (χ0n) is 19.5. The molecule has 178 valence electrons. The van der Waals surface area contributed by atoms with Gasteiger partial charge in [-0.3, -0.25) is 0 Å². The highest BCUT2D eigenvalue weighted by Gasteiger charge is 2.28. The Morgan fingerprint density at radius 1 is 0.848 bits per heavy atom. The molecular weight excluding hydrogens is 425 g/mol. The maximum Gasteiger partial charge on any atom is 0.166 e. The number of ether oxygens (including phenoxy) is 2. The second-order valence-corrected chi connectivity index (χ2v) is 9.30. The molecule has 0 heterocycles. The van der Waals surface area contributed by atoms with Gasteiger partial charge in [-0.25, -0.2) is 13.2 Å². The molecule has 0 amide bonds. The molecule has 2 aromatic carbocycles. The van der Waals surface area contributed by atoms with Crippen LogP contribution < -0.4 is 0 Å². The number of rotatable bonds is 7. The second kappa shape index (κ2) is 10.9. The van der Waals surface area contributed by atoms with Crippen molar-refractivity contribution in [3.8, 4) is 11.1 Å². The number of aryl methyl sites for hydroxylation is 1. The van der Waals surface area contributed by atoms with Crippen LogP contribution in [-0.4, -0.2) is 25.9 Å². The molecule has 2 unspecified atom stereocenters. The lowest BCUT2D eigenvalue weighted by atomic mass is 9.82. The Hall–Kier alpha value is -2.11. The summed E-state index contributed by atoms with van der Waals surface area (Å²) in [5.74, 6) is -1.64. The van der Waals surface area contributed by atoms with Gasteiger partial charge in [0.15, 0.2) is 11.6 Å². The number of benzene rings is 2. The van der Waals surface area contributed by atoms with Crippen molar-refractivity contribution in [2.75, 3.05) is 13.7 Å². The average Bonchev–Trinajstić information content (AvgIpc) is 2.85. The van der Waals surface area contributed by atoms with Crippen LogP contribution in [0.4, 0.5) is 13.2 Å². The molecule has 2 aliphatic carbocycles. The van der Waals surface area contributed by atoms with Gasteiger partial charge in [-0.15, -0.1) is 0 Å². The Morgan fingerprint density at radius 2 is 1.58 bits per heavy atom. The maximum absolute atomic E-state index is 15.0. The summed E-state index contributed by atoms with van der Waals surface area (Å²) in [7, 11) is 1.53. The third kappa shape index (κ3) is 5.52. The normalized spacial score (nSPS) is 25.7. The molecule has 2 atom stereocenters. The van der Waals surface area contributed by atoms with Gasteiger partial charge in [0.1, 0.15) is 11.9 Å². The largest absolute Gasteiger partial charge is 0.378 e. The van der Waals surface area contributed by atoms with Crippen molar-refractivity contribution < 1.29 is 22.6 Å². The van der Waals surface area contributed by atoms with Crippen LogP contribution in [0.5, 0.6) is 0 Å². The zero-order chi connectivity index (χ0) is 23.4. The third-order valence-corrected chi connectivity index (χ3v) is 7.23. The molecule has 2 aromatic rings. The van der Waals surface area contributed by atoms with E-state index in [1.807, 2.05) is 24.3 Å². The first-order valence-electron chi connectivity index (χ1n) is 12.1. The van der Waals surface area contributed by atoms with E-state index in [1.165, 1.54) is 12.7 Å². The summed E-state index contributed by atoms with van der Waals surface area (Å²) in [6, 6.07) is 11.1. The minimum atomic E-state index is -0.768. The molecule has 2 aliphatic rings. The van der Waals surface area contributed by atoms with Crippen LogP contribution in [0, 0.1) is 17.6 Å². The lowest BCUT2D eigenvalue weighted by Crippen LogP contribution is -2.26. The van der Waals surface area contributed by atoms with Crippen molar-refractivity contribution in [3.63, 3.8) is 0 Å². The summed E-state index contributed by atoms with van der Waals surface area (Å²) >= 11 is 0. The van der Waals surface area contributed by atoms with Crippen molar-refractivity contribution in [1.29, 1.82) is 0 Å². The Labute approximate surface area is 194 Å². The topological polar surface area (TPSA) is 18.5 Å². The number of methoxy groups -OCH3 is 1. The van der Waals surface area contributed by atoms with E-state index in [2.05, 4.69) is 6.92 Å². The van der Waals surface area contributed by atoms with Crippen LogP contribution in [0.25, 0.3) is 11.1 Å². The zero-order valence-corrected chi connectivity index (χ0v) is 19.5. The van der Waals surface area contributed by atoms with E-state index < -0.39 is 17.7 Å². The fraction of sp³-hybridized carbons (Fsp3) is 0.500. The fourth-order valence-corrected chi connectivity index (χ4v) is 5.10. The molecule has 5 heteroatoms. The van der Waals surface area contributed by atoms with Crippen molar-refractivity contribution in [1.82, 2.24) is 0 Å². The summed E-state index contributed by atoms with van der Waals surface area (Å²) in [6.07, 6.45) is 6.82. The first-order chi connectivity index (χ1) is 16.0. The number of halogens is 3. The van der Waals surface area contributed by atoms with Crippen molar-refractivity contribution in [3.05, 3.63) is 71.1 Å². The molecular formula is C28H33F3O2. The molecule has 33 heavy (non-hydrogen) atoms. The van der Waals surface area contributed by atoms with E-state index in [4.69, 9.17) is 9.47 Å². The molecule has 0 bridgehead atoms. The third-order valence-electron chi connectivity index (χ3n) is 7.23. The van der Waals surface area contributed by atoms with Gasteiger partial charge in [0.05, 0.1) is 12.7 Å². The van der Waals surface area contributed by atoms with Crippen molar-refractivity contribution in [2.45, 2.75) is 70.0 Å². The van der Waals surface area contributed by atoms with Gasteiger partial charge in [0, 0.05) is 18.6 Å². The maximum atomic E-state index is 15.0. The molecule has 0 aliphatic heterocycles. The molecule has 1 fully saturated rings. The highest BCUT2D eigenvalue weighted by Crippen LogP contribution is 2.38. The molecule has 2 nitrogen and oxygen atoms in total. The van der Waals surface area contributed by atoms with Crippen molar-refractivity contribution in [2.24, 2.45) is 5.92 Å². The quantitative estimate of drug-likeness (QED) is 0.427. The van der Waals surface area contributed by atoms with E-state index in [-0.39, 0.29) is 23.8 Å². The molecule has 0 aromatic heterocycles. The predicted molar refractivity (Wildman–Crippen MR) is 125 cm³/mol. The first-order valence-corrected chi connectivity index (χ1v) is 12.1. The van der Waals surface area contributed by atoms with Crippen LogP contribution in [0.15, 0.2) is 48.3 Å². The molecule has 1 saturated carbocycles. The van der Waals surface area contributed by atoms with E-state index in [9.17, 15) is 8.78 Å². The van der Waals surface area contributed by atoms with E-state index >= 15 is 4.39 Å². The second-order valence-electron chi connectivity index (χ2n) is 9.30. The van der Waals surface area contributed by atoms with Gasteiger partial charge >= 0.3 is 0 Å². The molecule has 0 radical (unpaired) electrons. The van der Waals surface area contributed by atoms with Crippen molar-refractivity contribution >= 4 is 0 Å². The molecule has 0 saturated heterocycles. The van der Waals surface area contributed by atoms with Gasteiger partial charge < -0.3 is 9.47 Å². The molecule has 0 spiro atoms. The van der Waals surface area contributed by atoms with Crippen LogP contribution in [0.3, 0.4) is 0 Å². The lowest BCUT2D eigenvalue weighted by Gasteiger charge is -2.31. The molecule has 0 N–H and O–H groups in total. The number of hydrogen-bond acceptors (Lipinski definition) is 2. The van der Waals surface area contributed by atoms with E-state index in [1.54, 1.807) is 18.2 Å². The highest BCUT2D eigenvalue weighted by atomic mass is 19.2. The SMILES string of the molecule is CCc1ccc(-c2ccc(C3CCC(OCC4C=C(F)C(OC)CC4)CC3)c(F)c2F)cc1. The van der Waals surface area contributed by atoms with E-state index in [0.717, 1.165) is 38.5 Å². The van der Waals surface area contributed by atoms with E-state index in [0.29, 0.717) is 29.7 Å².